The molecule has 0 radical (unpaired) electrons. The van der Waals surface area contributed by atoms with Gasteiger partial charge < -0.3 is 10.4 Å². The zero-order chi connectivity index (χ0) is 19.7. The minimum atomic E-state index is -0.0641. The summed E-state index contributed by atoms with van der Waals surface area (Å²) < 4.78 is 0.821. The first-order chi connectivity index (χ1) is 13.6. The number of hydrogen-bond donors (Lipinski definition) is 2. The number of nitrogens with one attached hydrogen (secondary N) is 1. The number of nitriles is 1. The molecule has 9 heteroatoms. The Morgan fingerprint density at radius 1 is 1.14 bits per heavy atom. The van der Waals surface area contributed by atoms with Gasteiger partial charge in [0.1, 0.15) is 10.8 Å². The van der Waals surface area contributed by atoms with E-state index >= 15 is 0 Å². The van der Waals surface area contributed by atoms with Crippen LogP contribution in [0.1, 0.15) is 11.1 Å². The monoisotopic (exact) mass is 427 g/mol. The van der Waals surface area contributed by atoms with Crippen molar-refractivity contribution in [3.63, 3.8) is 0 Å². The quantitative estimate of drug-likeness (QED) is 0.466. The Kier molecular flexibility index (Phi) is 5.11. The normalized spacial score (nSPS) is 10.8. The summed E-state index contributed by atoms with van der Waals surface area (Å²) in [6.07, 6.45) is 3.25. The summed E-state index contributed by atoms with van der Waals surface area (Å²) in [5.74, 6) is 1.20. The van der Waals surface area contributed by atoms with Crippen molar-refractivity contribution in [3.8, 4) is 16.6 Å². The van der Waals surface area contributed by atoms with Crippen LogP contribution < -0.4 is 5.32 Å². The molecule has 0 saturated heterocycles. The molecule has 0 unspecified atom stereocenters. The van der Waals surface area contributed by atoms with Gasteiger partial charge in [-0.25, -0.2) is 15.0 Å². The number of aliphatic hydroxyl groups is 1. The molecule has 1 aromatic carbocycles. The first-order valence-corrected chi connectivity index (χ1v) is 9.64. The lowest BCUT2D eigenvalue weighted by Gasteiger charge is -2.05. The van der Waals surface area contributed by atoms with Gasteiger partial charge in [0.25, 0.3) is 0 Å². The van der Waals surface area contributed by atoms with E-state index in [2.05, 4.69) is 20.3 Å². The largest absolute Gasteiger partial charge is 0.392 e. The van der Waals surface area contributed by atoms with Crippen molar-refractivity contribution in [3.05, 3.63) is 63.9 Å². The third-order valence-corrected chi connectivity index (χ3v) is 5.63. The summed E-state index contributed by atoms with van der Waals surface area (Å²) in [5.41, 5.74) is 2.43. The molecule has 0 spiro atoms. The minimum Gasteiger partial charge on any atom is -0.392 e. The molecule has 138 valence electrons. The molecule has 3 heterocycles. The number of aliphatic hydroxyl groups excluding tert-OH is 1. The number of pyridine rings is 2. The number of halogens is 2. The predicted molar refractivity (Wildman–Crippen MR) is 111 cm³/mol. The van der Waals surface area contributed by atoms with E-state index in [-0.39, 0.29) is 6.61 Å². The third-order valence-electron chi connectivity index (χ3n) is 3.94. The fraction of sp³-hybridized carbons (Fsp3) is 0.0526. The van der Waals surface area contributed by atoms with E-state index < -0.39 is 0 Å². The van der Waals surface area contributed by atoms with E-state index in [1.165, 1.54) is 11.3 Å². The zero-order valence-electron chi connectivity index (χ0n) is 14.1. The summed E-state index contributed by atoms with van der Waals surface area (Å²) in [4.78, 5) is 13.3. The number of benzene rings is 1. The first kappa shape index (κ1) is 18.6. The molecular weight excluding hydrogens is 417 g/mol. The zero-order valence-corrected chi connectivity index (χ0v) is 16.5. The van der Waals surface area contributed by atoms with Gasteiger partial charge in [-0.15, -0.1) is 11.3 Å². The molecule has 0 aliphatic heterocycles. The summed E-state index contributed by atoms with van der Waals surface area (Å²) in [5, 5.41) is 22.7. The van der Waals surface area contributed by atoms with E-state index in [0.29, 0.717) is 37.8 Å². The van der Waals surface area contributed by atoms with Gasteiger partial charge in [-0.2, -0.15) is 5.26 Å². The molecule has 0 saturated carbocycles. The highest BCUT2D eigenvalue weighted by Crippen LogP contribution is 2.41. The van der Waals surface area contributed by atoms with Crippen molar-refractivity contribution in [2.45, 2.75) is 6.61 Å². The van der Waals surface area contributed by atoms with E-state index in [4.69, 9.17) is 33.6 Å². The average Bonchev–Trinajstić information content (AvgIpc) is 3.12. The Bertz CT molecular complexity index is 1190. The second-order valence-electron chi connectivity index (χ2n) is 5.79. The van der Waals surface area contributed by atoms with Gasteiger partial charge >= 0.3 is 0 Å². The van der Waals surface area contributed by atoms with E-state index in [0.717, 1.165) is 15.8 Å². The van der Waals surface area contributed by atoms with Crippen molar-refractivity contribution in [1.82, 2.24) is 15.0 Å². The van der Waals surface area contributed by atoms with E-state index in [1.807, 2.05) is 6.07 Å². The molecule has 3 aromatic heterocycles. The van der Waals surface area contributed by atoms with Crippen LogP contribution >= 0.6 is 34.5 Å². The molecule has 0 fully saturated rings. The topological polar surface area (TPSA) is 94.7 Å². The van der Waals surface area contributed by atoms with Crippen molar-refractivity contribution in [1.29, 1.82) is 5.26 Å². The Morgan fingerprint density at radius 3 is 2.57 bits per heavy atom. The smallest absolute Gasteiger partial charge is 0.151 e. The van der Waals surface area contributed by atoms with Crippen molar-refractivity contribution < 1.29 is 5.11 Å². The summed E-state index contributed by atoms with van der Waals surface area (Å²) in [6, 6.07) is 10.5. The fourth-order valence-corrected chi connectivity index (χ4v) is 4.46. The number of hydrogen-bond acceptors (Lipinski definition) is 7. The standard InChI is InChI=1S/C19H11Cl2N5OS/c20-12-5-11(7-22)6-13(21)16(12)19-25-14-3-4-23-18(17(14)28-19)26-15-2-1-10(9-27)8-24-15/h1-6,8,27H,9H2,(H,23,24,26). The molecule has 6 nitrogen and oxygen atoms in total. The number of thiazole rings is 1. The Balaban J connectivity index is 1.76. The summed E-state index contributed by atoms with van der Waals surface area (Å²) in [6.45, 7) is -0.0641. The van der Waals surface area contributed by atoms with Crippen LogP contribution in [0.25, 0.3) is 20.8 Å². The average molecular weight is 428 g/mol. The van der Waals surface area contributed by atoms with E-state index in [1.54, 1.807) is 42.7 Å². The third kappa shape index (κ3) is 3.51. The lowest BCUT2D eigenvalue weighted by molar-refractivity contribution is 0.281. The van der Waals surface area contributed by atoms with Gasteiger partial charge in [0, 0.05) is 18.0 Å². The molecule has 4 rings (SSSR count). The van der Waals surface area contributed by atoms with Crippen LogP contribution in [0.2, 0.25) is 10.0 Å². The van der Waals surface area contributed by atoms with Crippen LogP contribution in [0.3, 0.4) is 0 Å². The second kappa shape index (κ2) is 7.70. The Hall–Kier alpha value is -2.76. The number of fused-ring (bicyclic) bond motifs is 1. The molecule has 4 aromatic rings. The first-order valence-electron chi connectivity index (χ1n) is 8.07. The lowest BCUT2D eigenvalue weighted by atomic mass is 10.1. The van der Waals surface area contributed by atoms with Crippen LogP contribution in [0, 0.1) is 11.3 Å². The Morgan fingerprint density at radius 2 is 1.93 bits per heavy atom. The van der Waals surface area contributed by atoms with Gasteiger partial charge in [-0.3, -0.25) is 0 Å². The molecule has 0 amide bonds. The second-order valence-corrected chi connectivity index (χ2v) is 7.60. The molecule has 28 heavy (non-hydrogen) atoms. The van der Waals surface area contributed by atoms with Crippen LogP contribution in [0.5, 0.6) is 0 Å². The molecule has 0 bridgehead atoms. The van der Waals surface area contributed by atoms with Crippen LogP contribution in [-0.4, -0.2) is 20.1 Å². The minimum absolute atomic E-state index is 0.0641. The lowest BCUT2D eigenvalue weighted by Crippen LogP contribution is -1.96. The van der Waals surface area contributed by atoms with Gasteiger partial charge in [0.2, 0.25) is 0 Å². The molecular formula is C19H11Cl2N5OS. The number of anilines is 2. The molecule has 0 aliphatic carbocycles. The maximum Gasteiger partial charge on any atom is 0.151 e. The van der Waals surface area contributed by atoms with Gasteiger partial charge in [-0.1, -0.05) is 29.3 Å². The highest BCUT2D eigenvalue weighted by Gasteiger charge is 2.17. The SMILES string of the molecule is N#Cc1cc(Cl)c(-c2nc3ccnc(Nc4ccc(CO)cn4)c3s2)c(Cl)c1. The number of aromatic nitrogens is 3. The number of rotatable bonds is 4. The summed E-state index contributed by atoms with van der Waals surface area (Å²) in [7, 11) is 0. The maximum absolute atomic E-state index is 9.13. The Labute approximate surface area is 174 Å². The van der Waals surface area contributed by atoms with Crippen LogP contribution in [0.15, 0.2) is 42.7 Å². The predicted octanol–water partition coefficient (Wildman–Crippen LogP) is 5.17. The molecule has 2 N–H and O–H groups in total. The highest BCUT2D eigenvalue weighted by atomic mass is 35.5. The van der Waals surface area contributed by atoms with Gasteiger partial charge in [0.15, 0.2) is 5.82 Å². The van der Waals surface area contributed by atoms with Crippen molar-refractivity contribution >= 4 is 56.4 Å². The maximum atomic E-state index is 9.13. The van der Waals surface area contributed by atoms with Gasteiger partial charge in [0.05, 0.1) is 38.5 Å². The number of nitrogens with zero attached hydrogens (tertiary/aromatic N) is 4. The van der Waals surface area contributed by atoms with Gasteiger partial charge in [-0.05, 0) is 29.8 Å². The van der Waals surface area contributed by atoms with Crippen molar-refractivity contribution in [2.24, 2.45) is 0 Å². The highest BCUT2D eigenvalue weighted by molar-refractivity contribution is 7.22. The van der Waals surface area contributed by atoms with Crippen molar-refractivity contribution in [2.75, 3.05) is 5.32 Å². The van der Waals surface area contributed by atoms with E-state index in [9.17, 15) is 0 Å². The fourth-order valence-electron chi connectivity index (χ4n) is 2.61. The van der Waals surface area contributed by atoms with Crippen LogP contribution in [-0.2, 0) is 6.61 Å². The molecule has 0 atom stereocenters. The van der Waals surface area contributed by atoms with Crippen LogP contribution in [0.4, 0.5) is 11.6 Å². The summed E-state index contributed by atoms with van der Waals surface area (Å²) >= 11 is 14.1. The molecule has 0 aliphatic rings.